The van der Waals surface area contributed by atoms with Gasteiger partial charge in [-0.2, -0.15) is 0 Å². The number of furan rings is 1. The fourth-order valence-electron chi connectivity index (χ4n) is 0.533. The fourth-order valence-corrected chi connectivity index (χ4v) is 0.533. The van der Waals surface area contributed by atoms with E-state index in [4.69, 9.17) is 10.2 Å². The maximum atomic E-state index is 5.24. The zero-order valence-electron chi connectivity index (χ0n) is 4.55. The van der Waals surface area contributed by atoms with Crippen LogP contribution in [0.3, 0.4) is 0 Å². The first-order chi connectivity index (χ1) is 3.83. The van der Waals surface area contributed by atoms with E-state index in [0.29, 0.717) is 6.54 Å². The second-order valence-corrected chi connectivity index (χ2v) is 1.63. The van der Waals surface area contributed by atoms with Crippen LogP contribution >= 0.6 is 0 Å². The van der Waals surface area contributed by atoms with Gasteiger partial charge in [0.05, 0.1) is 12.8 Å². The van der Waals surface area contributed by atoms with Crippen LogP contribution in [0.1, 0.15) is 11.3 Å². The zero-order chi connectivity index (χ0) is 5.98. The maximum absolute atomic E-state index is 5.24. The Hall–Kier alpha value is -0.760. The molecule has 8 heavy (non-hydrogen) atoms. The van der Waals surface area contributed by atoms with Crippen LogP contribution in [0.5, 0.6) is 0 Å². The lowest BCUT2D eigenvalue weighted by Gasteiger charge is -1.80. The van der Waals surface area contributed by atoms with E-state index in [1.807, 2.05) is 6.07 Å². The number of hydrogen-bond donors (Lipinski definition) is 1. The first-order valence-corrected chi connectivity index (χ1v) is 2.42. The molecule has 0 bridgehead atoms. The topological polar surface area (TPSA) is 39.2 Å². The summed E-state index contributed by atoms with van der Waals surface area (Å²) in [5.74, 6) is 0.787. The summed E-state index contributed by atoms with van der Waals surface area (Å²) in [7, 11) is 0. The Morgan fingerprint density at radius 3 is 2.75 bits per heavy atom. The molecule has 43 valence electrons. The van der Waals surface area contributed by atoms with Crippen LogP contribution in [0.25, 0.3) is 0 Å². The van der Waals surface area contributed by atoms with Crippen molar-refractivity contribution < 1.29 is 4.42 Å². The molecule has 1 rings (SSSR count). The molecule has 0 spiro atoms. The quantitative estimate of drug-likeness (QED) is 0.583. The summed E-state index contributed by atoms with van der Waals surface area (Å²) in [6, 6.07) is 1.82. The van der Waals surface area contributed by atoms with E-state index in [2.05, 4.69) is 6.92 Å². The third-order valence-electron chi connectivity index (χ3n) is 0.909. The van der Waals surface area contributed by atoms with Crippen LogP contribution in [-0.2, 0) is 6.54 Å². The van der Waals surface area contributed by atoms with E-state index >= 15 is 0 Å². The molecule has 1 aromatic rings. The average molecular weight is 110 g/mol. The van der Waals surface area contributed by atoms with Gasteiger partial charge < -0.3 is 10.2 Å². The van der Waals surface area contributed by atoms with Crippen molar-refractivity contribution in [2.75, 3.05) is 0 Å². The van der Waals surface area contributed by atoms with Crippen molar-refractivity contribution in [2.24, 2.45) is 5.73 Å². The Labute approximate surface area is 48.3 Å². The van der Waals surface area contributed by atoms with Crippen LogP contribution < -0.4 is 5.73 Å². The predicted octanol–water partition coefficient (Wildman–Crippen LogP) is 0.920. The molecule has 1 aromatic heterocycles. The van der Waals surface area contributed by atoms with Crippen LogP contribution in [-0.4, -0.2) is 0 Å². The van der Waals surface area contributed by atoms with E-state index in [1.165, 1.54) is 0 Å². The monoisotopic (exact) mass is 110 g/mol. The highest BCUT2D eigenvalue weighted by molar-refractivity contribution is 5.14. The van der Waals surface area contributed by atoms with Crippen LogP contribution in [0.15, 0.2) is 16.7 Å². The average Bonchev–Trinajstić information content (AvgIpc) is 2.14. The minimum atomic E-state index is 0.454. The van der Waals surface area contributed by atoms with Crippen molar-refractivity contribution in [2.45, 2.75) is 6.54 Å². The minimum absolute atomic E-state index is 0.454. The molecule has 0 atom stereocenters. The highest BCUT2D eigenvalue weighted by Gasteiger charge is 1.91. The van der Waals surface area contributed by atoms with Gasteiger partial charge in [0.1, 0.15) is 5.76 Å². The van der Waals surface area contributed by atoms with Gasteiger partial charge in [0.2, 0.25) is 0 Å². The van der Waals surface area contributed by atoms with Crippen LogP contribution in [0, 0.1) is 6.92 Å². The molecular weight excluding hydrogens is 102 g/mol. The van der Waals surface area contributed by atoms with Crippen molar-refractivity contribution in [3.63, 3.8) is 0 Å². The summed E-state index contributed by atoms with van der Waals surface area (Å²) in [5.41, 5.74) is 6.12. The summed E-state index contributed by atoms with van der Waals surface area (Å²) in [6.45, 7) is 4.09. The fraction of sp³-hybridized carbons (Fsp3) is 0.167. The molecule has 0 aliphatic heterocycles. The third-order valence-corrected chi connectivity index (χ3v) is 0.909. The van der Waals surface area contributed by atoms with Crippen molar-refractivity contribution in [1.29, 1.82) is 0 Å². The van der Waals surface area contributed by atoms with Crippen molar-refractivity contribution in [3.8, 4) is 0 Å². The lowest BCUT2D eigenvalue weighted by molar-refractivity contribution is 0.511. The Bertz CT molecular complexity index is 169. The molecule has 0 amide bonds. The molecule has 2 heteroatoms. The van der Waals surface area contributed by atoms with E-state index in [9.17, 15) is 0 Å². The van der Waals surface area contributed by atoms with Gasteiger partial charge in [-0.3, -0.25) is 0 Å². The predicted molar refractivity (Wildman–Crippen MR) is 31.1 cm³/mol. The summed E-state index contributed by atoms with van der Waals surface area (Å²) in [5, 5.41) is 0. The normalized spacial score (nSPS) is 9.75. The Balaban J connectivity index is 2.84. The first-order valence-electron chi connectivity index (χ1n) is 2.42. The van der Waals surface area contributed by atoms with Gasteiger partial charge in [0.15, 0.2) is 0 Å². The van der Waals surface area contributed by atoms with Gasteiger partial charge in [-0.1, -0.05) is 0 Å². The van der Waals surface area contributed by atoms with E-state index in [-0.39, 0.29) is 0 Å². The first kappa shape index (κ1) is 5.38. The zero-order valence-corrected chi connectivity index (χ0v) is 4.55. The molecule has 0 fully saturated rings. The molecule has 2 N–H and O–H groups in total. The molecule has 0 unspecified atom stereocenters. The Morgan fingerprint density at radius 1 is 1.75 bits per heavy atom. The van der Waals surface area contributed by atoms with Gasteiger partial charge in [-0.05, 0) is 18.6 Å². The highest BCUT2D eigenvalue weighted by atomic mass is 16.3. The molecule has 0 aromatic carbocycles. The lowest BCUT2D eigenvalue weighted by atomic mass is 10.3. The largest absolute Gasteiger partial charge is 0.468 e. The molecule has 0 saturated heterocycles. The summed E-state index contributed by atoms with van der Waals surface area (Å²) in [4.78, 5) is 0. The smallest absolute Gasteiger partial charge is 0.117 e. The third kappa shape index (κ3) is 0.898. The minimum Gasteiger partial charge on any atom is -0.468 e. The SMILES string of the molecule is [CH2]c1coc(CN)c1. The number of nitrogens with two attached hydrogens (primary N) is 1. The molecular formula is C6H8NO. The second kappa shape index (κ2) is 2.01. The summed E-state index contributed by atoms with van der Waals surface area (Å²) in [6.07, 6.45) is 1.59. The number of hydrogen-bond acceptors (Lipinski definition) is 2. The lowest BCUT2D eigenvalue weighted by Crippen LogP contribution is -1.92. The molecule has 1 heterocycles. The summed E-state index contributed by atoms with van der Waals surface area (Å²) < 4.78 is 4.93. The van der Waals surface area contributed by atoms with E-state index in [0.717, 1.165) is 11.3 Å². The standard InChI is InChI=1S/C6H8NO/c1-5-2-6(3-7)8-4-5/h2,4H,1,3,7H2. The van der Waals surface area contributed by atoms with Gasteiger partial charge in [0.25, 0.3) is 0 Å². The van der Waals surface area contributed by atoms with E-state index < -0.39 is 0 Å². The molecule has 2 nitrogen and oxygen atoms in total. The molecule has 0 saturated carbocycles. The van der Waals surface area contributed by atoms with Crippen molar-refractivity contribution in [1.82, 2.24) is 0 Å². The van der Waals surface area contributed by atoms with Gasteiger partial charge in [-0.15, -0.1) is 0 Å². The van der Waals surface area contributed by atoms with Gasteiger partial charge in [-0.25, -0.2) is 0 Å². The summed E-state index contributed by atoms with van der Waals surface area (Å²) >= 11 is 0. The van der Waals surface area contributed by atoms with E-state index in [1.54, 1.807) is 6.26 Å². The van der Waals surface area contributed by atoms with Crippen LogP contribution in [0.4, 0.5) is 0 Å². The van der Waals surface area contributed by atoms with Crippen molar-refractivity contribution in [3.05, 3.63) is 30.6 Å². The van der Waals surface area contributed by atoms with Gasteiger partial charge >= 0.3 is 0 Å². The number of rotatable bonds is 1. The second-order valence-electron chi connectivity index (χ2n) is 1.63. The molecule has 0 aliphatic carbocycles. The highest BCUT2D eigenvalue weighted by Crippen LogP contribution is 2.03. The Kier molecular flexibility index (Phi) is 1.35. The Morgan fingerprint density at radius 2 is 2.50 bits per heavy atom. The molecule has 0 aliphatic rings. The molecule has 1 radical (unpaired) electrons. The van der Waals surface area contributed by atoms with Gasteiger partial charge in [0, 0.05) is 0 Å². The maximum Gasteiger partial charge on any atom is 0.117 e. The van der Waals surface area contributed by atoms with Crippen molar-refractivity contribution >= 4 is 0 Å². The van der Waals surface area contributed by atoms with Crippen LogP contribution in [0.2, 0.25) is 0 Å².